The third-order valence-corrected chi connectivity index (χ3v) is 19.8. The van der Waals surface area contributed by atoms with Gasteiger partial charge in [0.1, 0.15) is 44.7 Å². The SMILES string of the molecule is Brc1cc(-c2cccnc2)cc(-c2cccc3c2oc2ccccc23)c1.CC1(C)OB(c2ccc(-c3cccc4c3oc3ccccc34)cc2)OC1(C)C.c1cncc(-c2cc(-c3cccc(-c4cccc5c4oc4ccccc45)c3)cc(-c3cccc4c3oc3ccccc34)c2)c1. The highest BCUT2D eigenvalue weighted by Crippen LogP contribution is 2.44. The van der Waals surface area contributed by atoms with E-state index in [2.05, 4.69) is 260 Å². The molecule has 10 heteroatoms. The first-order valence-corrected chi connectivity index (χ1v) is 33.7. The first-order chi connectivity index (χ1) is 47.9. The Kier molecular flexibility index (Phi) is 15.2. The number of para-hydroxylation sites is 8. The van der Waals surface area contributed by atoms with Crippen LogP contribution in [0.5, 0.6) is 0 Å². The highest BCUT2D eigenvalue weighted by molar-refractivity contribution is 9.10. The lowest BCUT2D eigenvalue weighted by atomic mass is 9.78. The Morgan fingerprint density at radius 3 is 1.02 bits per heavy atom. The largest absolute Gasteiger partial charge is 0.494 e. The van der Waals surface area contributed by atoms with Gasteiger partial charge in [-0.1, -0.05) is 216 Å². The molecule has 8 nitrogen and oxygen atoms in total. The maximum absolute atomic E-state index is 6.45. The fourth-order valence-corrected chi connectivity index (χ4v) is 14.2. The fraction of sp³-hybridized carbons (Fsp3) is 0.0682. The molecule has 1 saturated heterocycles. The number of fused-ring (bicyclic) bond motifs is 12. The van der Waals surface area contributed by atoms with Gasteiger partial charge in [0.2, 0.25) is 0 Å². The lowest BCUT2D eigenvalue weighted by Crippen LogP contribution is -2.41. The number of furan rings is 4. The Hall–Kier alpha value is -11.4. The van der Waals surface area contributed by atoms with Crippen LogP contribution in [-0.4, -0.2) is 28.3 Å². The monoisotopic (exact) mass is 1330 g/mol. The summed E-state index contributed by atoms with van der Waals surface area (Å²) in [6, 6.07) is 96.6. The average molecular weight is 1330 g/mol. The first kappa shape index (κ1) is 60.3. The molecule has 98 heavy (non-hydrogen) atoms. The van der Waals surface area contributed by atoms with E-state index in [-0.39, 0.29) is 18.3 Å². The predicted octanol–water partition coefficient (Wildman–Crippen LogP) is 24.2. The Morgan fingerprint density at radius 1 is 0.276 bits per heavy atom. The van der Waals surface area contributed by atoms with Crippen LogP contribution in [-0.2, 0) is 9.31 Å². The van der Waals surface area contributed by atoms with E-state index in [0.717, 1.165) is 176 Å². The molecule has 470 valence electrons. The Labute approximate surface area is 574 Å². The van der Waals surface area contributed by atoms with Crippen molar-refractivity contribution in [2.24, 2.45) is 0 Å². The molecule has 1 aliphatic heterocycles. The van der Waals surface area contributed by atoms with Crippen molar-refractivity contribution in [2.45, 2.75) is 38.9 Å². The fourth-order valence-electron chi connectivity index (χ4n) is 13.7. The van der Waals surface area contributed by atoms with Crippen LogP contribution in [0, 0.1) is 0 Å². The molecule has 0 radical (unpaired) electrons. The third-order valence-electron chi connectivity index (χ3n) is 19.3. The summed E-state index contributed by atoms with van der Waals surface area (Å²) in [6.07, 6.45) is 7.40. The van der Waals surface area contributed by atoms with E-state index < -0.39 is 0 Å². The summed E-state index contributed by atoms with van der Waals surface area (Å²) in [5.74, 6) is 0. The van der Waals surface area contributed by atoms with Gasteiger partial charge in [-0.15, -0.1) is 0 Å². The van der Waals surface area contributed by atoms with Gasteiger partial charge in [-0.25, -0.2) is 0 Å². The van der Waals surface area contributed by atoms with Crippen molar-refractivity contribution in [3.05, 3.63) is 308 Å². The van der Waals surface area contributed by atoms with Crippen LogP contribution < -0.4 is 5.46 Å². The zero-order valence-corrected chi connectivity index (χ0v) is 55.8. The quantitative estimate of drug-likeness (QED) is 0.139. The normalized spacial score (nSPS) is 13.4. The van der Waals surface area contributed by atoms with Crippen LogP contribution in [0.15, 0.2) is 326 Å². The highest BCUT2D eigenvalue weighted by atomic mass is 79.9. The average Bonchev–Trinajstić information content (AvgIpc) is 1.62. The summed E-state index contributed by atoms with van der Waals surface area (Å²) >= 11 is 3.66. The summed E-state index contributed by atoms with van der Waals surface area (Å²) < 4.78 is 38.6. The number of rotatable bonds is 8. The maximum Gasteiger partial charge on any atom is 0.494 e. The lowest BCUT2D eigenvalue weighted by molar-refractivity contribution is 0.00578. The predicted molar refractivity (Wildman–Crippen MR) is 405 cm³/mol. The molecule has 18 aromatic rings. The van der Waals surface area contributed by atoms with E-state index in [1.54, 1.807) is 6.20 Å². The van der Waals surface area contributed by atoms with Gasteiger partial charge in [-0.05, 0) is 157 Å². The van der Waals surface area contributed by atoms with E-state index >= 15 is 0 Å². The second-order valence-corrected chi connectivity index (χ2v) is 26.8. The molecule has 1 aliphatic rings. The van der Waals surface area contributed by atoms with Gasteiger partial charge in [0.05, 0.1) is 11.2 Å². The zero-order valence-electron chi connectivity index (χ0n) is 54.2. The lowest BCUT2D eigenvalue weighted by Gasteiger charge is -2.32. The van der Waals surface area contributed by atoms with Crippen LogP contribution in [0.2, 0.25) is 0 Å². The molecule has 1 fully saturated rings. The Balaban J connectivity index is 0.000000116. The molecule has 6 aromatic heterocycles. The topological polar surface area (TPSA) is 96.8 Å². The van der Waals surface area contributed by atoms with Crippen molar-refractivity contribution in [3.63, 3.8) is 0 Å². The molecule has 7 heterocycles. The van der Waals surface area contributed by atoms with Crippen LogP contribution >= 0.6 is 15.9 Å². The van der Waals surface area contributed by atoms with E-state index in [9.17, 15) is 0 Å². The number of nitrogens with zero attached hydrogens (tertiary/aromatic N) is 2. The number of pyridine rings is 2. The zero-order chi connectivity index (χ0) is 66.1. The molecule has 12 aromatic carbocycles. The molecule has 0 atom stereocenters. The molecule has 19 rings (SSSR count). The molecule has 0 N–H and O–H groups in total. The summed E-state index contributed by atoms with van der Waals surface area (Å²) in [5.41, 5.74) is 23.0. The molecule has 0 aliphatic carbocycles. The van der Waals surface area contributed by atoms with Crippen LogP contribution in [0.3, 0.4) is 0 Å². The van der Waals surface area contributed by atoms with Crippen molar-refractivity contribution >= 4 is 116 Å². The molecule has 0 spiro atoms. The maximum atomic E-state index is 6.45. The van der Waals surface area contributed by atoms with Gasteiger partial charge in [-0.3, -0.25) is 9.97 Å². The number of halogens is 1. The van der Waals surface area contributed by atoms with Crippen molar-refractivity contribution < 1.29 is 27.0 Å². The number of benzene rings is 12. The third kappa shape index (κ3) is 11.0. The smallest absolute Gasteiger partial charge is 0.455 e. The van der Waals surface area contributed by atoms with Crippen molar-refractivity contribution in [1.82, 2.24) is 9.97 Å². The van der Waals surface area contributed by atoms with Crippen LogP contribution in [0.25, 0.3) is 166 Å². The highest BCUT2D eigenvalue weighted by Gasteiger charge is 2.51. The Morgan fingerprint density at radius 2 is 0.592 bits per heavy atom. The molecule has 0 bridgehead atoms. The number of hydrogen-bond donors (Lipinski definition) is 0. The minimum Gasteiger partial charge on any atom is -0.455 e. The van der Waals surface area contributed by atoms with Gasteiger partial charge < -0.3 is 27.0 Å². The van der Waals surface area contributed by atoms with Gasteiger partial charge in [0, 0.05) is 106 Å². The standard InChI is InChI=1S/C41H25NO2.C24H23BO3.C23H14BrNO/c1-3-18-38-34(12-1)36-16-6-14-32(40(36)43-38)27-10-5-9-26(21-27)29-22-30(28-11-8-20-42-25-28)24-31(23-29)33-15-7-17-37-35-13-2-4-19-39(35)44-41(33)37;1-23(2)24(3,4)28-25(27-23)17-14-12-16(13-15-17)18-9-7-10-20-19-8-5-6-11-21(19)26-22(18)20;24-18-12-16(15-5-4-10-25-14-15)11-17(13-18)19-7-3-8-21-20-6-1-2-9-22(20)26-23(19)21/h1-25H;5-15H,1-4H3;1-14H. The molecular weight excluding hydrogens is 1270 g/mol. The summed E-state index contributed by atoms with van der Waals surface area (Å²) in [7, 11) is -0.346. The summed E-state index contributed by atoms with van der Waals surface area (Å²) in [4.78, 5) is 8.65. The van der Waals surface area contributed by atoms with Crippen molar-refractivity contribution in [1.29, 1.82) is 0 Å². The van der Waals surface area contributed by atoms with E-state index in [0.29, 0.717) is 0 Å². The van der Waals surface area contributed by atoms with E-state index in [1.165, 1.54) is 0 Å². The minimum absolute atomic E-state index is 0.337. The molecule has 0 amide bonds. The van der Waals surface area contributed by atoms with Crippen LogP contribution in [0.4, 0.5) is 0 Å². The van der Waals surface area contributed by atoms with E-state index in [1.807, 2.05) is 91.4 Å². The molecule has 0 saturated carbocycles. The molecular formula is C88H62BBrN2O6. The number of hydrogen-bond acceptors (Lipinski definition) is 8. The number of aromatic nitrogens is 2. The van der Waals surface area contributed by atoms with Crippen molar-refractivity contribution in [3.8, 4) is 77.9 Å². The van der Waals surface area contributed by atoms with Gasteiger partial charge in [-0.2, -0.15) is 0 Å². The molecule has 0 unspecified atom stereocenters. The minimum atomic E-state index is -0.346. The Bertz CT molecular complexity index is 6030. The van der Waals surface area contributed by atoms with Gasteiger partial charge in [0.25, 0.3) is 0 Å². The van der Waals surface area contributed by atoms with Crippen molar-refractivity contribution in [2.75, 3.05) is 0 Å². The van der Waals surface area contributed by atoms with E-state index in [4.69, 9.17) is 27.0 Å². The summed E-state index contributed by atoms with van der Waals surface area (Å²) in [5, 5.41) is 9.08. The van der Waals surface area contributed by atoms with Gasteiger partial charge in [0.15, 0.2) is 0 Å². The first-order valence-electron chi connectivity index (χ1n) is 32.9. The summed E-state index contributed by atoms with van der Waals surface area (Å²) in [6.45, 7) is 8.29. The second kappa shape index (κ2) is 24.7. The van der Waals surface area contributed by atoms with Crippen LogP contribution in [0.1, 0.15) is 27.7 Å². The van der Waals surface area contributed by atoms with Gasteiger partial charge >= 0.3 is 7.12 Å². The second-order valence-electron chi connectivity index (χ2n) is 25.9.